The minimum atomic E-state index is 0.0319. The molecule has 0 aliphatic carbocycles. The Balaban J connectivity index is 1.33. The number of dihydropyridines is 1. The molecule has 49 heavy (non-hydrogen) atoms. The van der Waals surface area contributed by atoms with Crippen molar-refractivity contribution in [3.8, 4) is 22.5 Å². The Morgan fingerprint density at radius 2 is 1.49 bits per heavy atom. The molecule has 7 aromatic rings. The fraction of sp³-hybridized carbons (Fsp3) is 0.0435. The SMILES string of the molecule is C=CC1=CC=CNC1c1cn(-c2cccc(-n3c4ccc(/C(C=C)=C/C=C\C)cc4c4cc(-c5ccccc5)ccc43)c2)c2ccccc12. The summed E-state index contributed by atoms with van der Waals surface area (Å²) in [5, 5.41) is 7.20. The van der Waals surface area contributed by atoms with E-state index in [4.69, 9.17) is 0 Å². The van der Waals surface area contributed by atoms with Crippen molar-refractivity contribution < 1.29 is 0 Å². The first-order chi connectivity index (χ1) is 24.2. The number of para-hydroxylation sites is 1. The third-order valence-electron chi connectivity index (χ3n) is 9.53. The van der Waals surface area contributed by atoms with Gasteiger partial charge in [-0.3, -0.25) is 0 Å². The van der Waals surface area contributed by atoms with E-state index in [1.165, 1.54) is 43.9 Å². The van der Waals surface area contributed by atoms with Gasteiger partial charge in [0.2, 0.25) is 0 Å². The van der Waals surface area contributed by atoms with Crippen LogP contribution in [0.25, 0.3) is 60.8 Å². The largest absolute Gasteiger partial charge is 0.380 e. The van der Waals surface area contributed by atoms with Crippen LogP contribution in [-0.4, -0.2) is 9.13 Å². The molecule has 0 radical (unpaired) electrons. The molecule has 1 atom stereocenters. The highest BCUT2D eigenvalue weighted by Gasteiger charge is 2.21. The van der Waals surface area contributed by atoms with Crippen LogP contribution < -0.4 is 5.32 Å². The average Bonchev–Trinajstić information content (AvgIpc) is 3.71. The predicted molar refractivity (Wildman–Crippen MR) is 209 cm³/mol. The number of rotatable bonds is 8. The van der Waals surface area contributed by atoms with Gasteiger partial charge in [0.25, 0.3) is 0 Å². The first-order valence-electron chi connectivity index (χ1n) is 16.7. The maximum Gasteiger partial charge on any atom is 0.0783 e. The highest BCUT2D eigenvalue weighted by Crippen LogP contribution is 2.38. The van der Waals surface area contributed by atoms with Crippen LogP contribution >= 0.6 is 0 Å². The van der Waals surface area contributed by atoms with Crippen LogP contribution in [0, 0.1) is 0 Å². The second-order valence-corrected chi connectivity index (χ2v) is 12.3. The molecule has 1 aliphatic heterocycles. The number of hydrogen-bond acceptors (Lipinski definition) is 1. The molecule has 1 N–H and O–H groups in total. The summed E-state index contributed by atoms with van der Waals surface area (Å²) < 4.78 is 4.71. The van der Waals surface area contributed by atoms with Gasteiger partial charge < -0.3 is 14.5 Å². The number of allylic oxidation sites excluding steroid dienone is 7. The zero-order chi connectivity index (χ0) is 33.3. The minimum Gasteiger partial charge on any atom is -0.380 e. The molecule has 3 heteroatoms. The molecule has 5 aromatic carbocycles. The van der Waals surface area contributed by atoms with E-state index < -0.39 is 0 Å². The van der Waals surface area contributed by atoms with Crippen LogP contribution in [0.2, 0.25) is 0 Å². The van der Waals surface area contributed by atoms with Crippen LogP contribution in [0.1, 0.15) is 24.1 Å². The van der Waals surface area contributed by atoms with Crippen LogP contribution in [0.3, 0.4) is 0 Å². The molecule has 0 bridgehead atoms. The first-order valence-corrected chi connectivity index (χ1v) is 16.7. The molecule has 0 fully saturated rings. The molecule has 2 aromatic heterocycles. The van der Waals surface area contributed by atoms with E-state index in [-0.39, 0.29) is 6.04 Å². The summed E-state index contributed by atoms with van der Waals surface area (Å²) in [6, 6.07) is 41.8. The maximum atomic E-state index is 4.11. The van der Waals surface area contributed by atoms with E-state index in [1.807, 2.05) is 37.4 Å². The average molecular weight is 632 g/mol. The van der Waals surface area contributed by atoms with Gasteiger partial charge in [-0.2, -0.15) is 0 Å². The smallest absolute Gasteiger partial charge is 0.0783 e. The number of aromatic nitrogens is 2. The molecule has 3 nitrogen and oxygen atoms in total. The summed E-state index contributed by atoms with van der Waals surface area (Å²) in [6.45, 7) is 10.2. The van der Waals surface area contributed by atoms with Crippen molar-refractivity contribution in [2.45, 2.75) is 13.0 Å². The summed E-state index contributed by atoms with van der Waals surface area (Å²) in [4.78, 5) is 0. The molecule has 3 heterocycles. The Hall–Kier alpha value is -6.32. The quantitative estimate of drug-likeness (QED) is 0.166. The Kier molecular flexibility index (Phi) is 7.79. The molecule has 8 rings (SSSR count). The highest BCUT2D eigenvalue weighted by atomic mass is 15.0. The van der Waals surface area contributed by atoms with Crippen molar-refractivity contribution in [2.75, 3.05) is 0 Å². The van der Waals surface area contributed by atoms with Gasteiger partial charge in [-0.05, 0) is 95.6 Å². The molecule has 1 unspecified atom stereocenters. The van der Waals surface area contributed by atoms with E-state index in [9.17, 15) is 0 Å². The van der Waals surface area contributed by atoms with E-state index in [0.29, 0.717) is 0 Å². The molecule has 236 valence electrons. The van der Waals surface area contributed by atoms with Crippen LogP contribution in [0.4, 0.5) is 0 Å². The van der Waals surface area contributed by atoms with Crippen molar-refractivity contribution in [3.05, 3.63) is 200 Å². The van der Waals surface area contributed by atoms with Crippen molar-refractivity contribution >= 4 is 38.3 Å². The van der Waals surface area contributed by atoms with Gasteiger partial charge in [-0.1, -0.05) is 116 Å². The zero-order valence-electron chi connectivity index (χ0n) is 27.6. The monoisotopic (exact) mass is 631 g/mol. The van der Waals surface area contributed by atoms with Crippen molar-refractivity contribution in [2.24, 2.45) is 0 Å². The van der Waals surface area contributed by atoms with Crippen LogP contribution in [-0.2, 0) is 0 Å². The summed E-state index contributed by atoms with van der Waals surface area (Å²) in [7, 11) is 0. The van der Waals surface area contributed by atoms with Crippen molar-refractivity contribution in [1.29, 1.82) is 0 Å². The summed E-state index contributed by atoms with van der Waals surface area (Å²) in [5.41, 5.74) is 12.7. The topological polar surface area (TPSA) is 21.9 Å². The lowest BCUT2D eigenvalue weighted by atomic mass is 9.96. The van der Waals surface area contributed by atoms with Gasteiger partial charge in [0.1, 0.15) is 0 Å². The molecular formula is C46H37N3. The van der Waals surface area contributed by atoms with Gasteiger partial charge in [0, 0.05) is 39.3 Å². The Morgan fingerprint density at radius 3 is 2.31 bits per heavy atom. The second-order valence-electron chi connectivity index (χ2n) is 12.3. The summed E-state index contributed by atoms with van der Waals surface area (Å²) in [5.74, 6) is 0. The molecule has 0 saturated heterocycles. The summed E-state index contributed by atoms with van der Waals surface area (Å²) >= 11 is 0. The molecular weight excluding hydrogens is 595 g/mol. The molecule has 0 amide bonds. The van der Waals surface area contributed by atoms with Gasteiger partial charge in [-0.15, -0.1) is 0 Å². The lowest BCUT2D eigenvalue weighted by Crippen LogP contribution is -2.19. The van der Waals surface area contributed by atoms with E-state index in [1.54, 1.807) is 0 Å². The summed E-state index contributed by atoms with van der Waals surface area (Å²) in [6.07, 6.45) is 18.6. The first kappa shape index (κ1) is 30.0. The predicted octanol–water partition coefficient (Wildman–Crippen LogP) is 11.8. The number of fused-ring (bicyclic) bond motifs is 4. The fourth-order valence-electron chi connectivity index (χ4n) is 7.16. The van der Waals surface area contributed by atoms with Gasteiger partial charge in [-0.25, -0.2) is 0 Å². The molecule has 0 saturated carbocycles. The Bertz CT molecular complexity index is 2510. The zero-order valence-corrected chi connectivity index (χ0v) is 27.6. The third-order valence-corrected chi connectivity index (χ3v) is 9.53. The number of nitrogens with one attached hydrogen (secondary N) is 1. The van der Waals surface area contributed by atoms with E-state index >= 15 is 0 Å². The third kappa shape index (κ3) is 5.26. The van der Waals surface area contributed by atoms with Crippen LogP contribution in [0.15, 0.2) is 189 Å². The van der Waals surface area contributed by atoms with E-state index in [0.717, 1.165) is 33.6 Å². The number of hydrogen-bond donors (Lipinski definition) is 1. The number of nitrogens with zero attached hydrogens (tertiary/aromatic N) is 2. The Labute approximate surface area is 287 Å². The van der Waals surface area contributed by atoms with Gasteiger partial charge in [0.15, 0.2) is 0 Å². The fourth-order valence-corrected chi connectivity index (χ4v) is 7.16. The lowest BCUT2D eigenvalue weighted by Gasteiger charge is -2.21. The normalized spacial score (nSPS) is 14.8. The minimum absolute atomic E-state index is 0.0319. The molecule has 1 aliphatic rings. The Morgan fingerprint density at radius 1 is 0.714 bits per heavy atom. The second kappa shape index (κ2) is 12.7. The maximum absolute atomic E-state index is 4.11. The van der Waals surface area contributed by atoms with Gasteiger partial charge in [0.05, 0.1) is 22.6 Å². The van der Waals surface area contributed by atoms with Crippen molar-refractivity contribution in [3.63, 3.8) is 0 Å². The van der Waals surface area contributed by atoms with E-state index in [2.05, 4.69) is 167 Å². The van der Waals surface area contributed by atoms with Crippen molar-refractivity contribution in [1.82, 2.24) is 14.5 Å². The molecule has 0 spiro atoms. The van der Waals surface area contributed by atoms with Crippen LogP contribution in [0.5, 0.6) is 0 Å². The van der Waals surface area contributed by atoms with Gasteiger partial charge >= 0.3 is 0 Å². The number of benzene rings is 5. The lowest BCUT2D eigenvalue weighted by molar-refractivity contribution is 0.722. The standard InChI is InChI=1S/C46H37N3/c1-4-7-15-32(5-2)35-23-25-44-40(28-35)41-29-36(34-16-9-8-10-17-34)24-26-45(41)49(44)38-20-13-19-37(30-38)48-31-42(39-21-11-12-22-43(39)48)46-33(6-3)18-14-27-47-46/h4-31,46-47H,2-3H2,1H3/b7-4-,32-15+. The highest BCUT2D eigenvalue weighted by molar-refractivity contribution is 6.11.